The molecule has 0 aromatic heterocycles. The maximum Gasteiger partial charge on any atom is 0.271 e. The summed E-state index contributed by atoms with van der Waals surface area (Å²) in [6.07, 6.45) is 15.8. The summed E-state index contributed by atoms with van der Waals surface area (Å²) in [5, 5.41) is 0. The molecule has 2 unspecified atom stereocenters. The van der Waals surface area contributed by atoms with E-state index >= 15 is 0 Å². The van der Waals surface area contributed by atoms with Gasteiger partial charge in [-0.15, -0.1) is 0 Å². The van der Waals surface area contributed by atoms with Crippen molar-refractivity contribution in [1.29, 1.82) is 0 Å². The van der Waals surface area contributed by atoms with Gasteiger partial charge in [0.25, 0.3) is 10.1 Å². The van der Waals surface area contributed by atoms with Gasteiger partial charge >= 0.3 is 0 Å². The first-order valence-electron chi connectivity index (χ1n) is 13.2. The van der Waals surface area contributed by atoms with Crippen molar-refractivity contribution < 1.29 is 12.6 Å². The largest absolute Gasteiger partial charge is 0.271 e. The topological polar surface area (TPSA) is 43.4 Å². The summed E-state index contributed by atoms with van der Waals surface area (Å²) in [5.74, 6) is 2.46. The number of hydrogen-bond donors (Lipinski definition) is 0. The maximum atomic E-state index is 12.0. The molecule has 4 heteroatoms. The van der Waals surface area contributed by atoms with E-state index in [0.717, 1.165) is 42.6 Å². The zero-order valence-corrected chi connectivity index (χ0v) is 22.8. The molecule has 1 aromatic carbocycles. The van der Waals surface area contributed by atoms with E-state index in [-0.39, 0.29) is 12.4 Å². The van der Waals surface area contributed by atoms with Crippen LogP contribution in [0, 0.1) is 17.8 Å². The van der Waals surface area contributed by atoms with E-state index in [1.165, 1.54) is 56.9 Å². The molecule has 0 radical (unpaired) electrons. The lowest BCUT2D eigenvalue weighted by Crippen LogP contribution is -2.09. The summed E-state index contributed by atoms with van der Waals surface area (Å²) in [6, 6.07) is 9.18. The second kappa shape index (κ2) is 17.3. The van der Waals surface area contributed by atoms with Crippen molar-refractivity contribution in [2.45, 2.75) is 111 Å². The van der Waals surface area contributed by atoms with Crippen molar-refractivity contribution in [3.63, 3.8) is 0 Å². The molecule has 0 heterocycles. The SMILES string of the molecule is CC(=CCCCOS(=O)(=O)Cc1ccccc1)CCCC(C)CCCC(C)CCCC(C)C. The first kappa shape index (κ1) is 29.9. The van der Waals surface area contributed by atoms with Gasteiger partial charge in [-0.05, 0) is 55.9 Å². The molecule has 0 N–H and O–H groups in total. The molecule has 0 bridgehead atoms. The monoisotopic (exact) mass is 478 g/mol. The zero-order chi connectivity index (χ0) is 24.5. The van der Waals surface area contributed by atoms with Crippen LogP contribution in [0.4, 0.5) is 0 Å². The molecule has 33 heavy (non-hydrogen) atoms. The van der Waals surface area contributed by atoms with Crippen LogP contribution in [-0.2, 0) is 20.1 Å². The lowest BCUT2D eigenvalue weighted by molar-refractivity contribution is 0.312. The number of rotatable bonds is 19. The molecule has 0 amide bonds. The Bertz CT molecular complexity index is 737. The van der Waals surface area contributed by atoms with E-state index in [1.807, 2.05) is 30.3 Å². The third-order valence-electron chi connectivity index (χ3n) is 6.43. The molecule has 0 fully saturated rings. The van der Waals surface area contributed by atoms with Gasteiger partial charge in [0.15, 0.2) is 0 Å². The Balaban J connectivity index is 2.07. The fraction of sp³-hybridized carbons (Fsp3) is 0.724. The quantitative estimate of drug-likeness (QED) is 0.113. The smallest absolute Gasteiger partial charge is 0.270 e. The van der Waals surface area contributed by atoms with Gasteiger partial charge in [0.2, 0.25) is 0 Å². The van der Waals surface area contributed by atoms with E-state index < -0.39 is 10.1 Å². The Morgan fingerprint density at radius 1 is 0.848 bits per heavy atom. The van der Waals surface area contributed by atoms with Gasteiger partial charge in [-0.3, -0.25) is 4.18 Å². The molecule has 0 aliphatic carbocycles. The Hall–Kier alpha value is -1.13. The Morgan fingerprint density at radius 2 is 1.42 bits per heavy atom. The van der Waals surface area contributed by atoms with E-state index in [0.29, 0.717) is 0 Å². The summed E-state index contributed by atoms with van der Waals surface area (Å²) in [4.78, 5) is 0. The normalized spacial score (nSPS) is 14.5. The third kappa shape index (κ3) is 17.0. The molecule has 2 atom stereocenters. The fourth-order valence-corrected chi connectivity index (χ4v) is 5.30. The molecule has 1 rings (SSSR count). The van der Waals surface area contributed by atoms with Crippen LogP contribution < -0.4 is 0 Å². The number of hydrogen-bond acceptors (Lipinski definition) is 3. The minimum absolute atomic E-state index is 0.0576. The predicted octanol–water partition coefficient (Wildman–Crippen LogP) is 8.70. The van der Waals surface area contributed by atoms with Crippen LogP contribution in [0.15, 0.2) is 42.0 Å². The third-order valence-corrected chi connectivity index (χ3v) is 7.64. The highest BCUT2D eigenvalue weighted by atomic mass is 32.2. The van der Waals surface area contributed by atoms with Crippen LogP contribution in [0.25, 0.3) is 0 Å². The van der Waals surface area contributed by atoms with E-state index in [9.17, 15) is 8.42 Å². The van der Waals surface area contributed by atoms with Crippen LogP contribution in [-0.4, -0.2) is 15.0 Å². The molecular weight excluding hydrogens is 428 g/mol. The number of allylic oxidation sites excluding steroid dienone is 2. The highest BCUT2D eigenvalue weighted by Gasteiger charge is 2.12. The average Bonchev–Trinajstić information content (AvgIpc) is 2.73. The van der Waals surface area contributed by atoms with Crippen LogP contribution in [0.3, 0.4) is 0 Å². The Labute approximate surface area is 205 Å². The summed E-state index contributed by atoms with van der Waals surface area (Å²) in [5.41, 5.74) is 2.17. The number of benzene rings is 1. The molecule has 190 valence electrons. The van der Waals surface area contributed by atoms with Gasteiger partial charge in [-0.1, -0.05) is 115 Å². The van der Waals surface area contributed by atoms with Crippen LogP contribution in [0.2, 0.25) is 0 Å². The second-order valence-electron chi connectivity index (χ2n) is 10.6. The van der Waals surface area contributed by atoms with Gasteiger partial charge < -0.3 is 0 Å². The van der Waals surface area contributed by atoms with Crippen LogP contribution in [0.5, 0.6) is 0 Å². The van der Waals surface area contributed by atoms with Crippen molar-refractivity contribution >= 4 is 10.1 Å². The summed E-state index contributed by atoms with van der Waals surface area (Å²) >= 11 is 0. The minimum atomic E-state index is -3.50. The molecular formula is C29H50O3S. The van der Waals surface area contributed by atoms with Gasteiger partial charge in [0.05, 0.1) is 6.61 Å². The molecule has 0 saturated heterocycles. The van der Waals surface area contributed by atoms with Gasteiger partial charge in [-0.25, -0.2) is 0 Å². The van der Waals surface area contributed by atoms with Crippen LogP contribution in [0.1, 0.15) is 111 Å². The van der Waals surface area contributed by atoms with E-state index in [2.05, 4.69) is 40.7 Å². The first-order chi connectivity index (χ1) is 15.7. The highest BCUT2D eigenvalue weighted by Crippen LogP contribution is 2.22. The van der Waals surface area contributed by atoms with E-state index in [4.69, 9.17) is 4.18 Å². The average molecular weight is 479 g/mol. The maximum absolute atomic E-state index is 12.0. The Morgan fingerprint density at radius 3 is 2.03 bits per heavy atom. The lowest BCUT2D eigenvalue weighted by atomic mass is 9.91. The standard InChI is InChI=1S/C29H50O3S/c1-25(2)14-11-16-27(4)18-13-20-28(5)19-12-17-26(3)15-9-10-23-32-33(30,31)24-29-21-7-6-8-22-29/h6-8,15,21-22,25,27-28H,9-14,16-20,23-24H2,1-5H3. The van der Waals surface area contributed by atoms with Crippen molar-refractivity contribution in [3.8, 4) is 0 Å². The molecule has 0 saturated carbocycles. The van der Waals surface area contributed by atoms with Crippen molar-refractivity contribution in [3.05, 3.63) is 47.5 Å². The second-order valence-corrected chi connectivity index (χ2v) is 12.2. The fourth-order valence-electron chi connectivity index (χ4n) is 4.25. The first-order valence-corrected chi connectivity index (χ1v) is 14.8. The van der Waals surface area contributed by atoms with Crippen molar-refractivity contribution in [2.75, 3.05) is 6.61 Å². The number of unbranched alkanes of at least 4 members (excludes halogenated alkanes) is 1. The molecule has 0 aliphatic rings. The summed E-state index contributed by atoms with van der Waals surface area (Å²) in [6.45, 7) is 11.9. The summed E-state index contributed by atoms with van der Waals surface area (Å²) in [7, 11) is -3.50. The van der Waals surface area contributed by atoms with Crippen molar-refractivity contribution in [1.82, 2.24) is 0 Å². The van der Waals surface area contributed by atoms with Gasteiger partial charge in [0.1, 0.15) is 5.75 Å². The summed E-state index contributed by atoms with van der Waals surface area (Å²) < 4.78 is 29.3. The highest BCUT2D eigenvalue weighted by molar-refractivity contribution is 7.85. The molecule has 1 aromatic rings. The van der Waals surface area contributed by atoms with Gasteiger partial charge in [0, 0.05) is 0 Å². The van der Waals surface area contributed by atoms with Gasteiger partial charge in [-0.2, -0.15) is 8.42 Å². The molecule has 3 nitrogen and oxygen atoms in total. The zero-order valence-electron chi connectivity index (χ0n) is 22.0. The lowest BCUT2D eigenvalue weighted by Gasteiger charge is -2.15. The molecule has 0 spiro atoms. The van der Waals surface area contributed by atoms with Crippen LogP contribution >= 0.6 is 0 Å². The van der Waals surface area contributed by atoms with E-state index in [1.54, 1.807) is 0 Å². The minimum Gasteiger partial charge on any atom is -0.270 e. The van der Waals surface area contributed by atoms with Crippen molar-refractivity contribution in [2.24, 2.45) is 17.8 Å². The molecule has 0 aliphatic heterocycles. The Kier molecular flexibility index (Phi) is 15.7. The predicted molar refractivity (Wildman–Crippen MR) is 143 cm³/mol.